The number of hydrogen-bond acceptors (Lipinski definition) is 6. The van der Waals surface area contributed by atoms with Gasteiger partial charge in [-0.05, 0) is 50.0 Å². The lowest BCUT2D eigenvalue weighted by molar-refractivity contribution is -0.144. The maximum absolute atomic E-state index is 12.4. The van der Waals surface area contributed by atoms with Crippen molar-refractivity contribution in [2.24, 2.45) is 11.3 Å². The molecule has 1 heterocycles. The van der Waals surface area contributed by atoms with E-state index in [9.17, 15) is 14.7 Å². The predicted molar refractivity (Wildman–Crippen MR) is 87.1 cm³/mol. The predicted octanol–water partition coefficient (Wildman–Crippen LogP) is 1.32. The molecule has 3 aliphatic rings. The number of carbonyl (C=O) groups excluding carboxylic acids is 2. The molecule has 4 atom stereocenters. The zero-order valence-corrected chi connectivity index (χ0v) is 14.7. The first-order valence-corrected chi connectivity index (χ1v) is 8.72. The molecule has 1 saturated carbocycles. The summed E-state index contributed by atoms with van der Waals surface area (Å²) in [5.41, 5.74) is 1.22. The van der Waals surface area contributed by atoms with Crippen LogP contribution >= 0.6 is 0 Å². The molecule has 0 bridgehead atoms. The summed E-state index contributed by atoms with van der Waals surface area (Å²) < 4.78 is 10.3. The topological polar surface area (TPSA) is 84.9 Å². The number of allylic oxidation sites excluding steroid dienone is 1. The van der Waals surface area contributed by atoms with E-state index in [4.69, 9.17) is 4.74 Å². The SMILES string of the molecule is COC(=O)CNCC1C(=O)O[C@H]2C3=C(C)CCC[C@]3(C)CCC12O. The normalized spacial score (nSPS) is 38.4. The summed E-state index contributed by atoms with van der Waals surface area (Å²) in [5.74, 6) is -1.43. The van der Waals surface area contributed by atoms with Crippen LogP contribution in [0.1, 0.15) is 46.0 Å². The molecule has 2 aliphatic carbocycles. The Morgan fingerprint density at radius 1 is 1.42 bits per heavy atom. The van der Waals surface area contributed by atoms with Crippen LogP contribution in [0.2, 0.25) is 0 Å². The van der Waals surface area contributed by atoms with Gasteiger partial charge >= 0.3 is 11.9 Å². The van der Waals surface area contributed by atoms with Gasteiger partial charge in [-0.25, -0.2) is 0 Å². The van der Waals surface area contributed by atoms with Crippen molar-refractivity contribution in [2.75, 3.05) is 20.2 Å². The summed E-state index contributed by atoms with van der Waals surface area (Å²) >= 11 is 0. The molecule has 134 valence electrons. The molecule has 6 heteroatoms. The maximum atomic E-state index is 12.4. The number of nitrogens with one attached hydrogen (secondary N) is 1. The fourth-order valence-corrected chi connectivity index (χ4v) is 4.76. The van der Waals surface area contributed by atoms with E-state index in [1.807, 2.05) is 0 Å². The second-order valence-electron chi connectivity index (χ2n) is 7.68. The summed E-state index contributed by atoms with van der Waals surface area (Å²) in [6.07, 6.45) is 4.08. The van der Waals surface area contributed by atoms with Crippen molar-refractivity contribution in [3.8, 4) is 0 Å². The molecule has 2 N–H and O–H groups in total. The van der Waals surface area contributed by atoms with Gasteiger partial charge in [-0.1, -0.05) is 12.5 Å². The minimum absolute atomic E-state index is 0.0144. The van der Waals surface area contributed by atoms with Crippen LogP contribution in [-0.4, -0.2) is 48.9 Å². The number of methoxy groups -OCH3 is 1. The number of carbonyl (C=O) groups is 2. The third-order valence-electron chi connectivity index (χ3n) is 6.15. The van der Waals surface area contributed by atoms with Gasteiger partial charge in [0.15, 0.2) is 6.10 Å². The number of esters is 2. The van der Waals surface area contributed by atoms with E-state index >= 15 is 0 Å². The van der Waals surface area contributed by atoms with Gasteiger partial charge in [0.25, 0.3) is 0 Å². The third-order valence-corrected chi connectivity index (χ3v) is 6.15. The standard InChI is InChI=1S/C18H27NO5/c1-11-5-4-6-17(2)7-8-18(22)12(9-19-10-13(20)23-3)16(21)24-15(18)14(11)17/h12,15,19,22H,4-10H2,1-3H3/t12?,15-,17+,18?/m0/s1. The minimum Gasteiger partial charge on any atom is -0.468 e. The van der Waals surface area contributed by atoms with Gasteiger partial charge in [-0.3, -0.25) is 9.59 Å². The van der Waals surface area contributed by atoms with E-state index in [0.717, 1.165) is 31.3 Å². The molecule has 2 unspecified atom stereocenters. The van der Waals surface area contributed by atoms with Gasteiger partial charge in [0.1, 0.15) is 11.5 Å². The first-order chi connectivity index (χ1) is 11.3. The zero-order valence-electron chi connectivity index (χ0n) is 14.7. The smallest absolute Gasteiger partial charge is 0.319 e. The van der Waals surface area contributed by atoms with E-state index in [0.29, 0.717) is 6.42 Å². The van der Waals surface area contributed by atoms with Crippen LogP contribution in [0.5, 0.6) is 0 Å². The molecule has 0 aromatic rings. The molecule has 1 saturated heterocycles. The highest BCUT2D eigenvalue weighted by molar-refractivity contribution is 5.78. The van der Waals surface area contributed by atoms with Crippen LogP contribution in [-0.2, 0) is 19.1 Å². The summed E-state index contributed by atoms with van der Waals surface area (Å²) in [5, 5.41) is 14.2. The Morgan fingerprint density at radius 2 is 2.17 bits per heavy atom. The Bertz CT molecular complexity index is 586. The molecule has 0 aromatic heterocycles. The molecule has 3 rings (SSSR count). The van der Waals surface area contributed by atoms with E-state index in [-0.39, 0.29) is 24.5 Å². The van der Waals surface area contributed by atoms with Crippen LogP contribution in [0.4, 0.5) is 0 Å². The molecule has 0 amide bonds. The van der Waals surface area contributed by atoms with Crippen molar-refractivity contribution in [1.82, 2.24) is 5.32 Å². The van der Waals surface area contributed by atoms with Gasteiger partial charge in [0.2, 0.25) is 0 Å². The first-order valence-electron chi connectivity index (χ1n) is 8.72. The van der Waals surface area contributed by atoms with Crippen LogP contribution in [0, 0.1) is 11.3 Å². The van der Waals surface area contributed by atoms with Gasteiger partial charge < -0.3 is 19.9 Å². The molecular formula is C18H27NO5. The van der Waals surface area contributed by atoms with Gasteiger partial charge in [0, 0.05) is 6.54 Å². The highest BCUT2D eigenvalue weighted by Gasteiger charge is 2.62. The van der Waals surface area contributed by atoms with E-state index in [1.165, 1.54) is 12.7 Å². The van der Waals surface area contributed by atoms with Crippen molar-refractivity contribution in [3.05, 3.63) is 11.1 Å². The van der Waals surface area contributed by atoms with Crippen LogP contribution < -0.4 is 5.32 Å². The monoisotopic (exact) mass is 337 g/mol. The number of rotatable bonds is 4. The van der Waals surface area contributed by atoms with Gasteiger partial charge in [-0.15, -0.1) is 0 Å². The van der Waals surface area contributed by atoms with E-state index in [2.05, 4.69) is 23.9 Å². The third kappa shape index (κ3) is 2.65. The lowest BCUT2D eigenvalue weighted by Gasteiger charge is -2.49. The second kappa shape index (κ2) is 6.15. The fraction of sp³-hybridized carbons (Fsp3) is 0.778. The molecule has 2 fully saturated rings. The van der Waals surface area contributed by atoms with Crippen molar-refractivity contribution in [3.63, 3.8) is 0 Å². The number of ether oxygens (including phenoxy) is 2. The van der Waals surface area contributed by atoms with Crippen molar-refractivity contribution < 1.29 is 24.2 Å². The average molecular weight is 337 g/mol. The quantitative estimate of drug-likeness (QED) is 0.594. The Labute approximate surface area is 142 Å². The summed E-state index contributed by atoms with van der Waals surface area (Å²) in [4.78, 5) is 23.6. The van der Waals surface area contributed by atoms with Crippen LogP contribution in [0.3, 0.4) is 0 Å². The van der Waals surface area contributed by atoms with E-state index in [1.54, 1.807) is 0 Å². The Morgan fingerprint density at radius 3 is 2.88 bits per heavy atom. The molecule has 24 heavy (non-hydrogen) atoms. The van der Waals surface area contributed by atoms with Crippen molar-refractivity contribution in [2.45, 2.75) is 57.7 Å². The Balaban J connectivity index is 1.82. The molecule has 0 aromatic carbocycles. The van der Waals surface area contributed by atoms with Crippen molar-refractivity contribution in [1.29, 1.82) is 0 Å². The fourth-order valence-electron chi connectivity index (χ4n) is 4.76. The van der Waals surface area contributed by atoms with Crippen LogP contribution in [0.25, 0.3) is 0 Å². The largest absolute Gasteiger partial charge is 0.468 e. The lowest BCUT2D eigenvalue weighted by Crippen LogP contribution is -2.55. The molecule has 0 radical (unpaired) electrons. The Kier molecular flexibility index (Phi) is 4.47. The van der Waals surface area contributed by atoms with Gasteiger partial charge in [-0.2, -0.15) is 0 Å². The Hall–Kier alpha value is -1.40. The summed E-state index contributed by atoms with van der Waals surface area (Å²) in [6.45, 7) is 4.54. The molecule has 1 aliphatic heterocycles. The lowest BCUT2D eigenvalue weighted by atomic mass is 9.58. The summed E-state index contributed by atoms with van der Waals surface area (Å²) in [6, 6.07) is 0. The molecular weight excluding hydrogens is 310 g/mol. The first kappa shape index (κ1) is 17.4. The van der Waals surface area contributed by atoms with Crippen LogP contribution in [0.15, 0.2) is 11.1 Å². The highest BCUT2D eigenvalue weighted by atomic mass is 16.6. The minimum atomic E-state index is -1.19. The number of fused-ring (bicyclic) bond motifs is 3. The summed E-state index contributed by atoms with van der Waals surface area (Å²) in [7, 11) is 1.32. The molecule has 0 spiro atoms. The zero-order chi connectivity index (χ0) is 17.5. The number of aliphatic hydroxyl groups is 1. The van der Waals surface area contributed by atoms with E-state index < -0.39 is 23.6 Å². The molecule has 6 nitrogen and oxygen atoms in total. The van der Waals surface area contributed by atoms with Gasteiger partial charge in [0.05, 0.1) is 13.7 Å². The number of hydrogen-bond donors (Lipinski definition) is 2. The average Bonchev–Trinajstić information content (AvgIpc) is 2.78. The highest BCUT2D eigenvalue weighted by Crippen LogP contribution is 2.56. The maximum Gasteiger partial charge on any atom is 0.319 e. The second-order valence-corrected chi connectivity index (χ2v) is 7.68. The van der Waals surface area contributed by atoms with Crippen molar-refractivity contribution >= 4 is 11.9 Å².